The van der Waals surface area contributed by atoms with E-state index in [1.807, 2.05) is 0 Å². The molecule has 0 radical (unpaired) electrons. The molecule has 0 rings (SSSR count). The Balaban J connectivity index is 3.79. The van der Waals surface area contributed by atoms with Crippen molar-refractivity contribution in [2.75, 3.05) is 38.4 Å². The highest BCUT2D eigenvalue weighted by atomic mass is 32.2. The van der Waals surface area contributed by atoms with Crippen LogP contribution in [0.2, 0.25) is 0 Å². The molecule has 0 unspecified atom stereocenters. The molecule has 39 heavy (non-hydrogen) atoms. The minimum absolute atomic E-state index is 0.223. The second-order valence-electron chi connectivity index (χ2n) is 9.75. The molecule has 0 spiro atoms. The molecule has 10 nitrogen and oxygen atoms in total. The Labute approximate surface area is 239 Å². The summed E-state index contributed by atoms with van der Waals surface area (Å²) in [6.45, 7) is 3.66. The number of alkyl carbamates (subject to hydrolysis) is 1. The van der Waals surface area contributed by atoms with Crippen molar-refractivity contribution in [2.45, 2.75) is 116 Å². The summed E-state index contributed by atoms with van der Waals surface area (Å²) in [5.74, 6) is -1.07. The fraction of sp³-hybridized carbons (Fsp3) is 0.857. The number of hydrogen-bond donors (Lipinski definition) is 4. The number of thioether (sulfide) groups is 1. The number of carbonyl (C=O) groups is 4. The van der Waals surface area contributed by atoms with Gasteiger partial charge in [-0.3, -0.25) is 9.59 Å². The number of aliphatic hydroxyl groups is 1. The molecule has 228 valence electrons. The zero-order valence-electron chi connectivity index (χ0n) is 24.4. The molecule has 0 aliphatic rings. The summed E-state index contributed by atoms with van der Waals surface area (Å²) in [7, 11) is 1.15. The normalized spacial score (nSPS) is 12.3. The van der Waals surface area contributed by atoms with E-state index in [4.69, 9.17) is 4.74 Å². The number of nitrogens with one attached hydrogen (secondary N) is 3. The summed E-state index contributed by atoms with van der Waals surface area (Å²) in [4.78, 5) is 47.3. The first-order valence-corrected chi connectivity index (χ1v) is 15.8. The summed E-state index contributed by atoms with van der Waals surface area (Å²) in [6, 6.07) is -2.11. The highest BCUT2D eigenvalue weighted by Crippen LogP contribution is 2.13. The van der Waals surface area contributed by atoms with E-state index in [9.17, 15) is 24.3 Å². The van der Waals surface area contributed by atoms with E-state index in [2.05, 4.69) is 27.6 Å². The van der Waals surface area contributed by atoms with Gasteiger partial charge in [-0.05, 0) is 6.42 Å². The van der Waals surface area contributed by atoms with E-state index in [0.29, 0.717) is 18.9 Å². The molecule has 0 aromatic rings. The van der Waals surface area contributed by atoms with Crippen molar-refractivity contribution in [3.63, 3.8) is 0 Å². The van der Waals surface area contributed by atoms with Gasteiger partial charge in [-0.15, -0.1) is 0 Å². The standard InChI is InChI=1S/C28H53N3O7S/c1-4-5-6-7-8-9-10-11-12-13-14-15-16-17-19-38-28(36)29-18-20-39-22-25(30-23(2)33)26(34)31-24(21-32)27(35)37-3/h24-25,32H,4-22H2,1-3H3,(H,29,36)(H,30,33)(H,31,34)/t24-,25+/m0/s1. The number of rotatable bonds is 25. The van der Waals surface area contributed by atoms with Gasteiger partial charge in [0.25, 0.3) is 0 Å². The number of aliphatic hydroxyl groups excluding tert-OH is 1. The van der Waals surface area contributed by atoms with E-state index in [1.165, 1.54) is 95.7 Å². The number of hydrogen-bond acceptors (Lipinski definition) is 8. The van der Waals surface area contributed by atoms with Gasteiger partial charge in [0.05, 0.1) is 20.3 Å². The predicted octanol–water partition coefficient (Wildman–Crippen LogP) is 4.08. The molecule has 4 N–H and O–H groups in total. The van der Waals surface area contributed by atoms with Crippen LogP contribution in [0.1, 0.15) is 104 Å². The number of unbranched alkanes of at least 4 members (excludes halogenated alkanes) is 13. The number of esters is 1. The smallest absolute Gasteiger partial charge is 0.407 e. The van der Waals surface area contributed by atoms with Gasteiger partial charge in [-0.1, -0.05) is 90.4 Å². The van der Waals surface area contributed by atoms with Crippen LogP contribution in [0.3, 0.4) is 0 Å². The predicted molar refractivity (Wildman–Crippen MR) is 156 cm³/mol. The Kier molecular flexibility index (Phi) is 24.9. The summed E-state index contributed by atoms with van der Waals surface area (Å²) < 4.78 is 9.73. The molecule has 2 atom stereocenters. The molecule has 0 aromatic carbocycles. The maximum Gasteiger partial charge on any atom is 0.407 e. The molecule has 0 aromatic heterocycles. The number of ether oxygens (including phenoxy) is 2. The summed E-state index contributed by atoms with van der Waals surface area (Å²) in [5.41, 5.74) is 0. The molecule has 0 fully saturated rings. The van der Waals surface area contributed by atoms with Gasteiger partial charge >= 0.3 is 12.1 Å². The van der Waals surface area contributed by atoms with Crippen molar-refractivity contribution >= 4 is 35.6 Å². The summed E-state index contributed by atoms with van der Waals surface area (Å²) in [5, 5.41) is 16.8. The van der Waals surface area contributed by atoms with Gasteiger partial charge in [0, 0.05) is 25.0 Å². The van der Waals surface area contributed by atoms with E-state index in [1.54, 1.807) is 0 Å². The van der Waals surface area contributed by atoms with E-state index in [0.717, 1.165) is 20.0 Å². The summed E-state index contributed by atoms with van der Waals surface area (Å²) >= 11 is 1.35. The molecule has 0 aliphatic heterocycles. The first-order valence-electron chi connectivity index (χ1n) is 14.6. The molecule has 3 amide bonds. The average molecular weight is 576 g/mol. The minimum atomic E-state index is -1.21. The Morgan fingerprint density at radius 1 is 0.795 bits per heavy atom. The fourth-order valence-electron chi connectivity index (χ4n) is 3.96. The minimum Gasteiger partial charge on any atom is -0.467 e. The first-order chi connectivity index (χ1) is 18.8. The average Bonchev–Trinajstić information content (AvgIpc) is 2.92. The topological polar surface area (TPSA) is 143 Å². The van der Waals surface area contributed by atoms with Crippen molar-refractivity contribution in [2.24, 2.45) is 0 Å². The summed E-state index contributed by atoms with van der Waals surface area (Å²) in [6.07, 6.45) is 17.4. The molecular weight excluding hydrogens is 522 g/mol. The molecule has 0 saturated heterocycles. The molecular formula is C28H53N3O7S. The van der Waals surface area contributed by atoms with Crippen molar-refractivity contribution in [1.29, 1.82) is 0 Å². The van der Waals surface area contributed by atoms with Crippen molar-refractivity contribution < 1.29 is 33.8 Å². The zero-order valence-corrected chi connectivity index (χ0v) is 25.2. The Morgan fingerprint density at radius 2 is 1.33 bits per heavy atom. The Morgan fingerprint density at radius 3 is 1.82 bits per heavy atom. The third-order valence-electron chi connectivity index (χ3n) is 6.21. The number of amides is 3. The highest BCUT2D eigenvalue weighted by Gasteiger charge is 2.26. The zero-order chi connectivity index (χ0) is 29.1. The van der Waals surface area contributed by atoms with Crippen molar-refractivity contribution in [3.8, 4) is 0 Å². The van der Waals surface area contributed by atoms with Crippen LogP contribution in [0.15, 0.2) is 0 Å². The molecule has 0 aliphatic carbocycles. The van der Waals surface area contributed by atoms with Crippen molar-refractivity contribution in [1.82, 2.24) is 16.0 Å². The van der Waals surface area contributed by atoms with Crippen LogP contribution < -0.4 is 16.0 Å². The van der Waals surface area contributed by atoms with E-state index < -0.39 is 42.6 Å². The maximum atomic E-state index is 12.4. The van der Waals surface area contributed by atoms with Gasteiger partial charge in [0.1, 0.15) is 6.04 Å². The maximum absolute atomic E-state index is 12.4. The van der Waals surface area contributed by atoms with E-state index in [-0.39, 0.29) is 5.75 Å². The highest BCUT2D eigenvalue weighted by molar-refractivity contribution is 7.99. The first kappa shape index (κ1) is 37.0. The molecule has 11 heteroatoms. The van der Waals surface area contributed by atoms with Crippen molar-refractivity contribution in [3.05, 3.63) is 0 Å². The second-order valence-corrected chi connectivity index (χ2v) is 10.9. The second kappa shape index (κ2) is 26.2. The van der Waals surface area contributed by atoms with Gasteiger partial charge in [0.2, 0.25) is 11.8 Å². The number of carbonyl (C=O) groups excluding carboxylic acids is 4. The van der Waals surface area contributed by atoms with Crippen LogP contribution in [0.25, 0.3) is 0 Å². The Hall–Kier alpha value is -2.01. The van der Waals surface area contributed by atoms with Crippen LogP contribution in [0.5, 0.6) is 0 Å². The van der Waals surface area contributed by atoms with Crippen LogP contribution in [0.4, 0.5) is 4.79 Å². The number of methoxy groups -OCH3 is 1. The van der Waals surface area contributed by atoms with Gasteiger partial charge < -0.3 is 30.5 Å². The SMILES string of the molecule is CCCCCCCCCCCCCCCCOC(=O)NCCSC[C@@H](NC(C)=O)C(=O)N[C@@H](CO)C(=O)OC. The lowest BCUT2D eigenvalue weighted by atomic mass is 10.0. The van der Waals surface area contributed by atoms with Crippen LogP contribution in [-0.2, 0) is 23.9 Å². The van der Waals surface area contributed by atoms with Crippen LogP contribution in [-0.4, -0.2) is 79.4 Å². The lowest BCUT2D eigenvalue weighted by Gasteiger charge is -2.20. The third-order valence-corrected chi connectivity index (χ3v) is 7.27. The molecule has 0 saturated carbocycles. The van der Waals surface area contributed by atoms with Gasteiger partial charge in [-0.2, -0.15) is 11.8 Å². The largest absolute Gasteiger partial charge is 0.467 e. The quantitative estimate of drug-likeness (QED) is 0.0942. The lowest BCUT2D eigenvalue weighted by molar-refractivity contribution is -0.146. The van der Waals surface area contributed by atoms with Crippen LogP contribution >= 0.6 is 11.8 Å². The van der Waals surface area contributed by atoms with Gasteiger partial charge in [0.15, 0.2) is 6.04 Å². The monoisotopic (exact) mass is 575 g/mol. The van der Waals surface area contributed by atoms with Crippen LogP contribution in [0, 0.1) is 0 Å². The molecule has 0 heterocycles. The Bertz CT molecular complexity index is 667. The lowest BCUT2D eigenvalue weighted by Crippen LogP contribution is -2.53. The van der Waals surface area contributed by atoms with Gasteiger partial charge in [-0.25, -0.2) is 9.59 Å². The fourth-order valence-corrected chi connectivity index (χ4v) is 4.84. The third kappa shape index (κ3) is 22.5. The van der Waals surface area contributed by atoms with E-state index >= 15 is 0 Å². The molecule has 0 bridgehead atoms.